The maximum Gasteiger partial charge on any atom is 0.218 e. The van der Waals surface area contributed by atoms with Crippen LogP contribution >= 0.6 is 0 Å². The second-order valence-electron chi connectivity index (χ2n) is 5.35. The van der Waals surface area contributed by atoms with E-state index in [1.165, 1.54) is 4.31 Å². The molecule has 2 rings (SSSR count). The highest BCUT2D eigenvalue weighted by atomic mass is 32.2. The molecule has 1 saturated carbocycles. The molecule has 1 aliphatic heterocycles. The van der Waals surface area contributed by atoms with E-state index in [4.69, 9.17) is 0 Å². The quantitative estimate of drug-likeness (QED) is 0.743. The Hall–Kier alpha value is -0.170. The Morgan fingerprint density at radius 2 is 2.06 bits per heavy atom. The Balaban J connectivity index is 2.01. The molecule has 0 radical (unpaired) electrons. The van der Waals surface area contributed by atoms with Crippen LogP contribution in [0.25, 0.3) is 0 Å². The number of likely N-dealkylation sites (N-methyl/N-ethyl adjacent to an activating group) is 1. The highest BCUT2D eigenvalue weighted by Crippen LogP contribution is 2.31. The SMILES string of the molecule is CN(CC1(O)CCCC1)S(=O)(=O)C1CCNC1. The van der Waals surface area contributed by atoms with Gasteiger partial charge in [0.25, 0.3) is 0 Å². The van der Waals surface area contributed by atoms with E-state index >= 15 is 0 Å². The molecule has 6 heteroatoms. The first-order valence-corrected chi connectivity index (χ1v) is 7.83. The van der Waals surface area contributed by atoms with Crippen molar-refractivity contribution in [3.8, 4) is 0 Å². The maximum atomic E-state index is 12.2. The summed E-state index contributed by atoms with van der Waals surface area (Å²) in [6.45, 7) is 1.54. The molecular formula is C11H22N2O3S. The summed E-state index contributed by atoms with van der Waals surface area (Å²) >= 11 is 0. The van der Waals surface area contributed by atoms with Crippen LogP contribution in [0.3, 0.4) is 0 Å². The average Bonchev–Trinajstić information content (AvgIpc) is 2.88. The lowest BCUT2D eigenvalue weighted by Crippen LogP contribution is -2.45. The van der Waals surface area contributed by atoms with Crippen molar-refractivity contribution in [3.05, 3.63) is 0 Å². The largest absolute Gasteiger partial charge is 0.389 e. The first kappa shape index (κ1) is 13.3. The summed E-state index contributed by atoms with van der Waals surface area (Å²) in [5.41, 5.74) is -0.798. The van der Waals surface area contributed by atoms with Gasteiger partial charge in [0.1, 0.15) is 0 Å². The molecule has 2 fully saturated rings. The monoisotopic (exact) mass is 262 g/mol. The minimum absolute atomic E-state index is 0.242. The van der Waals surface area contributed by atoms with Crippen molar-refractivity contribution < 1.29 is 13.5 Å². The van der Waals surface area contributed by atoms with Crippen LogP contribution in [-0.2, 0) is 10.0 Å². The molecule has 0 aromatic heterocycles. The van der Waals surface area contributed by atoms with E-state index < -0.39 is 15.6 Å². The fraction of sp³-hybridized carbons (Fsp3) is 1.00. The molecule has 2 aliphatic rings. The Kier molecular flexibility index (Phi) is 3.77. The van der Waals surface area contributed by atoms with Crippen molar-refractivity contribution in [1.29, 1.82) is 0 Å². The van der Waals surface area contributed by atoms with Gasteiger partial charge in [0.05, 0.1) is 10.9 Å². The fourth-order valence-corrected chi connectivity index (χ4v) is 4.51. The molecular weight excluding hydrogens is 240 g/mol. The summed E-state index contributed by atoms with van der Waals surface area (Å²) in [7, 11) is -1.67. The molecule has 1 atom stereocenters. The summed E-state index contributed by atoms with van der Waals surface area (Å²) in [6, 6.07) is 0. The Morgan fingerprint density at radius 3 is 2.59 bits per heavy atom. The minimum atomic E-state index is -3.25. The van der Waals surface area contributed by atoms with Gasteiger partial charge in [-0.1, -0.05) is 12.8 Å². The first-order chi connectivity index (χ1) is 7.94. The molecule has 0 amide bonds. The van der Waals surface area contributed by atoms with Crippen LogP contribution < -0.4 is 5.32 Å². The van der Waals surface area contributed by atoms with Crippen molar-refractivity contribution in [2.75, 3.05) is 26.7 Å². The number of nitrogens with zero attached hydrogens (tertiary/aromatic N) is 1. The lowest BCUT2D eigenvalue weighted by molar-refractivity contribution is 0.0332. The summed E-state index contributed by atoms with van der Waals surface area (Å²) in [4.78, 5) is 0. The lowest BCUT2D eigenvalue weighted by atomic mass is 10.0. The zero-order chi connectivity index (χ0) is 12.5. The van der Waals surface area contributed by atoms with Crippen molar-refractivity contribution in [3.63, 3.8) is 0 Å². The average molecular weight is 262 g/mol. The molecule has 0 bridgehead atoms. The van der Waals surface area contributed by atoms with Crippen LogP contribution in [0.2, 0.25) is 0 Å². The highest BCUT2D eigenvalue weighted by molar-refractivity contribution is 7.89. The third kappa shape index (κ3) is 2.81. The molecule has 2 N–H and O–H groups in total. The molecule has 1 heterocycles. The molecule has 0 spiro atoms. The highest BCUT2D eigenvalue weighted by Gasteiger charge is 2.38. The van der Waals surface area contributed by atoms with E-state index in [0.717, 1.165) is 32.2 Å². The van der Waals surface area contributed by atoms with E-state index in [9.17, 15) is 13.5 Å². The molecule has 1 unspecified atom stereocenters. The zero-order valence-corrected chi connectivity index (χ0v) is 11.2. The summed E-state index contributed by atoms with van der Waals surface area (Å²) in [6.07, 6.45) is 4.10. The van der Waals surface area contributed by atoms with Gasteiger partial charge in [0, 0.05) is 20.1 Å². The van der Waals surface area contributed by atoms with Gasteiger partial charge in [-0.25, -0.2) is 12.7 Å². The number of aliphatic hydroxyl groups is 1. The van der Waals surface area contributed by atoms with Gasteiger partial charge in [-0.2, -0.15) is 0 Å². The van der Waals surface area contributed by atoms with Gasteiger partial charge in [0.2, 0.25) is 10.0 Å². The Bertz CT molecular complexity index is 357. The van der Waals surface area contributed by atoms with Crippen molar-refractivity contribution in [1.82, 2.24) is 9.62 Å². The number of hydrogen-bond acceptors (Lipinski definition) is 4. The van der Waals surface area contributed by atoms with Gasteiger partial charge >= 0.3 is 0 Å². The molecule has 0 aromatic carbocycles. The smallest absolute Gasteiger partial charge is 0.218 e. The van der Waals surface area contributed by atoms with Crippen LogP contribution in [0.5, 0.6) is 0 Å². The van der Waals surface area contributed by atoms with Crippen LogP contribution in [0.4, 0.5) is 0 Å². The van der Waals surface area contributed by atoms with Crippen LogP contribution in [-0.4, -0.2) is 55.4 Å². The topological polar surface area (TPSA) is 69.6 Å². The second kappa shape index (κ2) is 4.84. The van der Waals surface area contributed by atoms with Crippen LogP contribution in [0, 0.1) is 0 Å². The summed E-state index contributed by atoms with van der Waals surface area (Å²) in [5, 5.41) is 13.0. The molecule has 17 heavy (non-hydrogen) atoms. The van der Waals surface area contributed by atoms with Gasteiger partial charge in [-0.05, 0) is 25.8 Å². The third-order valence-electron chi connectivity index (χ3n) is 3.92. The number of nitrogens with one attached hydrogen (secondary N) is 1. The van der Waals surface area contributed by atoms with Gasteiger partial charge in [-0.15, -0.1) is 0 Å². The van der Waals surface area contributed by atoms with Gasteiger partial charge < -0.3 is 10.4 Å². The van der Waals surface area contributed by atoms with Crippen molar-refractivity contribution >= 4 is 10.0 Å². The standard InChI is InChI=1S/C11H22N2O3S/c1-13(9-11(14)5-2-3-6-11)17(15,16)10-4-7-12-8-10/h10,12,14H,2-9H2,1H3. The molecule has 1 saturated heterocycles. The maximum absolute atomic E-state index is 12.2. The van der Waals surface area contributed by atoms with Crippen molar-refractivity contribution in [2.45, 2.75) is 43.0 Å². The number of rotatable bonds is 4. The van der Waals surface area contributed by atoms with Crippen LogP contribution in [0.15, 0.2) is 0 Å². The van der Waals surface area contributed by atoms with E-state index in [1.54, 1.807) is 7.05 Å². The van der Waals surface area contributed by atoms with Gasteiger partial charge in [-0.3, -0.25) is 0 Å². The van der Waals surface area contributed by atoms with E-state index in [0.29, 0.717) is 13.0 Å². The van der Waals surface area contributed by atoms with E-state index in [1.807, 2.05) is 0 Å². The lowest BCUT2D eigenvalue weighted by Gasteiger charge is -2.29. The van der Waals surface area contributed by atoms with Crippen LogP contribution in [0.1, 0.15) is 32.1 Å². The summed E-state index contributed by atoms with van der Waals surface area (Å²) < 4.78 is 25.8. The summed E-state index contributed by atoms with van der Waals surface area (Å²) in [5.74, 6) is 0. The zero-order valence-electron chi connectivity index (χ0n) is 10.4. The first-order valence-electron chi connectivity index (χ1n) is 6.32. The third-order valence-corrected chi connectivity index (χ3v) is 6.16. The predicted molar refractivity (Wildman–Crippen MR) is 66.2 cm³/mol. The molecule has 100 valence electrons. The van der Waals surface area contributed by atoms with E-state index in [2.05, 4.69) is 5.32 Å². The second-order valence-corrected chi connectivity index (χ2v) is 7.67. The minimum Gasteiger partial charge on any atom is -0.389 e. The molecule has 1 aliphatic carbocycles. The Morgan fingerprint density at radius 1 is 1.41 bits per heavy atom. The van der Waals surface area contributed by atoms with Crippen molar-refractivity contribution in [2.24, 2.45) is 0 Å². The Labute approximate surface area is 103 Å². The number of hydrogen-bond donors (Lipinski definition) is 2. The fourth-order valence-electron chi connectivity index (χ4n) is 2.83. The normalized spacial score (nSPS) is 29.0. The molecule has 5 nitrogen and oxygen atoms in total. The van der Waals surface area contributed by atoms with Gasteiger partial charge in [0.15, 0.2) is 0 Å². The van der Waals surface area contributed by atoms with E-state index in [-0.39, 0.29) is 11.8 Å². The number of sulfonamides is 1. The molecule has 0 aromatic rings. The predicted octanol–water partition coefficient (Wildman–Crippen LogP) is -0.0850.